The normalized spacial score (nSPS) is 15.7. The maximum atomic E-state index is 5.41. The van der Waals surface area contributed by atoms with Crippen LogP contribution in [-0.4, -0.2) is 31.3 Å². The standard InChI is InChI=1S/C15H16N2O/c1-2-7-15(17-9-11-18-12-10-17)13(5-1)14-6-3-4-8-16-14/h1-8H,9-12H2. The largest absolute Gasteiger partial charge is 0.378 e. The van der Waals surface area contributed by atoms with Crippen molar-refractivity contribution in [1.29, 1.82) is 0 Å². The third-order valence-electron chi connectivity index (χ3n) is 3.20. The van der Waals surface area contributed by atoms with Crippen LogP contribution in [-0.2, 0) is 4.74 Å². The summed E-state index contributed by atoms with van der Waals surface area (Å²) < 4.78 is 5.41. The van der Waals surface area contributed by atoms with E-state index in [9.17, 15) is 0 Å². The second kappa shape index (κ2) is 5.19. The minimum absolute atomic E-state index is 0.802. The van der Waals surface area contributed by atoms with Gasteiger partial charge in [0.15, 0.2) is 0 Å². The van der Waals surface area contributed by atoms with Crippen LogP contribution in [0.2, 0.25) is 0 Å². The molecule has 1 aliphatic rings. The van der Waals surface area contributed by atoms with E-state index in [1.165, 1.54) is 11.3 Å². The molecule has 3 heteroatoms. The Labute approximate surface area is 107 Å². The fraction of sp³-hybridized carbons (Fsp3) is 0.267. The Morgan fingerprint density at radius 2 is 1.72 bits per heavy atom. The van der Waals surface area contributed by atoms with Crippen LogP contribution in [0.15, 0.2) is 48.7 Å². The zero-order chi connectivity index (χ0) is 12.2. The van der Waals surface area contributed by atoms with Gasteiger partial charge in [-0.05, 0) is 18.2 Å². The average Bonchev–Trinajstić information content (AvgIpc) is 2.49. The van der Waals surface area contributed by atoms with E-state index in [0.717, 1.165) is 32.0 Å². The Morgan fingerprint density at radius 3 is 2.50 bits per heavy atom. The first kappa shape index (κ1) is 11.2. The Kier molecular flexibility index (Phi) is 3.24. The molecule has 3 rings (SSSR count). The molecular formula is C15H16N2O. The summed E-state index contributed by atoms with van der Waals surface area (Å²) in [6, 6.07) is 14.5. The number of hydrogen-bond donors (Lipinski definition) is 0. The summed E-state index contributed by atoms with van der Waals surface area (Å²) in [5.41, 5.74) is 3.47. The van der Waals surface area contributed by atoms with Crippen LogP contribution in [0, 0.1) is 0 Å². The van der Waals surface area contributed by atoms with Crippen molar-refractivity contribution in [3.63, 3.8) is 0 Å². The zero-order valence-electron chi connectivity index (χ0n) is 10.2. The fourth-order valence-corrected chi connectivity index (χ4v) is 2.29. The van der Waals surface area contributed by atoms with Crippen molar-refractivity contribution in [3.8, 4) is 11.3 Å². The lowest BCUT2D eigenvalue weighted by molar-refractivity contribution is 0.123. The molecule has 0 N–H and O–H groups in total. The van der Waals surface area contributed by atoms with Gasteiger partial charge in [-0.15, -0.1) is 0 Å². The molecule has 0 atom stereocenters. The van der Waals surface area contributed by atoms with E-state index in [0.29, 0.717) is 0 Å². The van der Waals surface area contributed by atoms with Crippen molar-refractivity contribution in [3.05, 3.63) is 48.7 Å². The van der Waals surface area contributed by atoms with Gasteiger partial charge in [0.1, 0.15) is 0 Å². The number of morpholine rings is 1. The second-order valence-corrected chi connectivity index (χ2v) is 4.33. The van der Waals surface area contributed by atoms with Crippen molar-refractivity contribution in [2.75, 3.05) is 31.2 Å². The van der Waals surface area contributed by atoms with E-state index in [1.54, 1.807) is 0 Å². The van der Waals surface area contributed by atoms with Gasteiger partial charge in [-0.1, -0.05) is 24.3 Å². The van der Waals surface area contributed by atoms with Crippen LogP contribution < -0.4 is 4.90 Å². The molecule has 2 heterocycles. The molecule has 1 aromatic carbocycles. The molecule has 0 amide bonds. The predicted molar refractivity (Wildman–Crippen MR) is 72.7 cm³/mol. The van der Waals surface area contributed by atoms with Crippen molar-refractivity contribution in [2.45, 2.75) is 0 Å². The molecule has 0 spiro atoms. The first-order valence-electron chi connectivity index (χ1n) is 6.28. The first-order valence-corrected chi connectivity index (χ1v) is 6.28. The Balaban J connectivity index is 1.99. The molecule has 0 aliphatic carbocycles. The number of rotatable bonds is 2. The molecule has 92 valence electrons. The van der Waals surface area contributed by atoms with Gasteiger partial charge in [0.05, 0.1) is 18.9 Å². The SMILES string of the molecule is c1ccc(-c2ccccc2N2CCOCC2)nc1. The molecule has 2 aromatic rings. The topological polar surface area (TPSA) is 25.4 Å². The summed E-state index contributed by atoms with van der Waals surface area (Å²) in [6.45, 7) is 3.50. The van der Waals surface area contributed by atoms with Gasteiger partial charge in [0, 0.05) is 30.5 Å². The summed E-state index contributed by atoms with van der Waals surface area (Å²) in [7, 11) is 0. The number of anilines is 1. The van der Waals surface area contributed by atoms with Gasteiger partial charge >= 0.3 is 0 Å². The minimum atomic E-state index is 0.802. The number of para-hydroxylation sites is 1. The molecule has 0 radical (unpaired) electrons. The van der Waals surface area contributed by atoms with Gasteiger partial charge in [-0.2, -0.15) is 0 Å². The highest BCUT2D eigenvalue weighted by atomic mass is 16.5. The highest BCUT2D eigenvalue weighted by Gasteiger charge is 2.15. The number of nitrogens with zero attached hydrogens (tertiary/aromatic N) is 2. The summed E-state index contributed by atoms with van der Waals surface area (Å²) in [6.07, 6.45) is 1.84. The van der Waals surface area contributed by atoms with E-state index in [4.69, 9.17) is 4.74 Å². The van der Waals surface area contributed by atoms with Crippen molar-refractivity contribution >= 4 is 5.69 Å². The van der Waals surface area contributed by atoms with Crippen LogP contribution in [0.25, 0.3) is 11.3 Å². The summed E-state index contributed by atoms with van der Waals surface area (Å²) >= 11 is 0. The Bertz CT molecular complexity index is 507. The lowest BCUT2D eigenvalue weighted by atomic mass is 10.1. The van der Waals surface area contributed by atoms with E-state index in [2.05, 4.69) is 40.2 Å². The minimum Gasteiger partial charge on any atom is -0.378 e. The summed E-state index contributed by atoms with van der Waals surface area (Å²) in [4.78, 5) is 6.82. The number of hydrogen-bond acceptors (Lipinski definition) is 3. The van der Waals surface area contributed by atoms with Crippen molar-refractivity contribution < 1.29 is 4.74 Å². The third-order valence-corrected chi connectivity index (χ3v) is 3.20. The molecule has 0 bridgehead atoms. The Hall–Kier alpha value is -1.87. The van der Waals surface area contributed by atoms with Crippen LogP contribution in [0.4, 0.5) is 5.69 Å². The zero-order valence-corrected chi connectivity index (χ0v) is 10.2. The number of aromatic nitrogens is 1. The number of pyridine rings is 1. The molecule has 0 unspecified atom stereocenters. The predicted octanol–water partition coefficient (Wildman–Crippen LogP) is 2.59. The van der Waals surface area contributed by atoms with E-state index >= 15 is 0 Å². The first-order chi connectivity index (χ1) is 8.95. The van der Waals surface area contributed by atoms with Crippen LogP contribution in [0.5, 0.6) is 0 Å². The number of ether oxygens (including phenoxy) is 1. The number of benzene rings is 1. The molecule has 1 aromatic heterocycles. The van der Waals surface area contributed by atoms with Gasteiger partial charge in [0.2, 0.25) is 0 Å². The molecule has 18 heavy (non-hydrogen) atoms. The van der Waals surface area contributed by atoms with E-state index in [-0.39, 0.29) is 0 Å². The quantitative estimate of drug-likeness (QED) is 0.806. The molecule has 3 nitrogen and oxygen atoms in total. The van der Waals surface area contributed by atoms with Gasteiger partial charge in [0.25, 0.3) is 0 Å². The highest BCUT2D eigenvalue weighted by Crippen LogP contribution is 2.29. The Morgan fingerprint density at radius 1 is 0.944 bits per heavy atom. The lowest BCUT2D eigenvalue weighted by Crippen LogP contribution is -2.36. The fourth-order valence-electron chi connectivity index (χ4n) is 2.29. The molecule has 1 saturated heterocycles. The van der Waals surface area contributed by atoms with Crippen LogP contribution in [0.3, 0.4) is 0 Å². The average molecular weight is 240 g/mol. The second-order valence-electron chi connectivity index (χ2n) is 4.33. The molecule has 1 aliphatic heterocycles. The van der Waals surface area contributed by atoms with Crippen LogP contribution in [0.1, 0.15) is 0 Å². The van der Waals surface area contributed by atoms with Gasteiger partial charge < -0.3 is 9.64 Å². The molecule has 0 saturated carbocycles. The van der Waals surface area contributed by atoms with Crippen LogP contribution >= 0.6 is 0 Å². The van der Waals surface area contributed by atoms with Crippen molar-refractivity contribution in [1.82, 2.24) is 4.98 Å². The molecular weight excluding hydrogens is 224 g/mol. The van der Waals surface area contributed by atoms with Crippen molar-refractivity contribution in [2.24, 2.45) is 0 Å². The van der Waals surface area contributed by atoms with Gasteiger partial charge in [-0.3, -0.25) is 4.98 Å². The maximum absolute atomic E-state index is 5.41. The van der Waals surface area contributed by atoms with Gasteiger partial charge in [-0.25, -0.2) is 0 Å². The summed E-state index contributed by atoms with van der Waals surface area (Å²) in [5.74, 6) is 0. The third kappa shape index (κ3) is 2.22. The smallest absolute Gasteiger partial charge is 0.0722 e. The van der Waals surface area contributed by atoms with E-state index < -0.39 is 0 Å². The molecule has 1 fully saturated rings. The lowest BCUT2D eigenvalue weighted by Gasteiger charge is -2.30. The van der Waals surface area contributed by atoms with E-state index in [1.807, 2.05) is 18.3 Å². The summed E-state index contributed by atoms with van der Waals surface area (Å²) in [5, 5.41) is 0. The maximum Gasteiger partial charge on any atom is 0.0722 e. The highest BCUT2D eigenvalue weighted by molar-refractivity contribution is 5.76. The monoisotopic (exact) mass is 240 g/mol.